The largest absolute Gasteiger partial charge is 0.321 e. The number of benzene rings is 3. The molecule has 0 fully saturated rings. The van der Waals surface area contributed by atoms with E-state index in [0.29, 0.717) is 34.1 Å². The van der Waals surface area contributed by atoms with Crippen molar-refractivity contribution in [2.24, 2.45) is 0 Å². The predicted molar refractivity (Wildman–Crippen MR) is 161 cm³/mol. The molecule has 10 heteroatoms. The van der Waals surface area contributed by atoms with Gasteiger partial charge in [0.25, 0.3) is 11.8 Å². The van der Waals surface area contributed by atoms with Crippen LogP contribution in [0.2, 0.25) is 5.02 Å². The van der Waals surface area contributed by atoms with Crippen molar-refractivity contribution in [1.82, 2.24) is 10.3 Å². The van der Waals surface area contributed by atoms with Crippen LogP contribution in [0.3, 0.4) is 0 Å². The molecule has 7 nitrogen and oxygen atoms in total. The Hall–Kier alpha value is -4.47. The second-order valence-electron chi connectivity index (χ2n) is 8.78. The number of carbonyl (C=O) groups is 3. The molecule has 0 aliphatic heterocycles. The second-order valence-corrected chi connectivity index (χ2v) is 10.5. The van der Waals surface area contributed by atoms with Gasteiger partial charge in [0.2, 0.25) is 5.91 Å². The van der Waals surface area contributed by atoms with Gasteiger partial charge in [0.15, 0.2) is 0 Å². The summed E-state index contributed by atoms with van der Waals surface area (Å²) in [7, 11) is 0. The van der Waals surface area contributed by atoms with Gasteiger partial charge in [-0.25, -0.2) is 9.37 Å². The van der Waals surface area contributed by atoms with E-state index in [1.165, 1.54) is 48.3 Å². The van der Waals surface area contributed by atoms with Crippen molar-refractivity contribution in [3.8, 4) is 0 Å². The van der Waals surface area contributed by atoms with Gasteiger partial charge in [0, 0.05) is 22.3 Å². The number of rotatable bonds is 10. The minimum atomic E-state index is -0.570. The van der Waals surface area contributed by atoms with Gasteiger partial charge in [-0.1, -0.05) is 54.9 Å². The molecule has 0 aliphatic rings. The minimum Gasteiger partial charge on any atom is -0.321 e. The number of nitrogens with zero attached hydrogens (tertiary/aromatic N) is 1. The summed E-state index contributed by atoms with van der Waals surface area (Å²) >= 11 is 7.21. The molecule has 0 radical (unpaired) electrons. The zero-order chi connectivity index (χ0) is 29.2. The number of halogens is 2. The van der Waals surface area contributed by atoms with E-state index in [-0.39, 0.29) is 11.6 Å². The highest BCUT2D eigenvalue weighted by atomic mass is 35.5. The standard InChI is InChI=1S/C31H26ClFN4O3S/c1-2-27(31(40)37-28-16-13-22(32)19-34-28)41-25-10-6-9-24(18-25)35-30(39)26(17-20-11-14-23(33)15-12-20)36-29(38)21-7-4-3-5-8-21/h3-19,27H,2H2,1H3,(H,35,39)(H,36,38)(H,34,37,40)/b26-17-. The fraction of sp³-hybridized carbons (Fsp3) is 0.0968. The van der Waals surface area contributed by atoms with Crippen LogP contribution in [0, 0.1) is 5.82 Å². The Balaban J connectivity index is 1.49. The van der Waals surface area contributed by atoms with E-state index in [1.54, 1.807) is 60.7 Å². The van der Waals surface area contributed by atoms with Crippen LogP contribution in [-0.4, -0.2) is 28.0 Å². The monoisotopic (exact) mass is 588 g/mol. The topological polar surface area (TPSA) is 100 Å². The third kappa shape index (κ3) is 8.76. The van der Waals surface area contributed by atoms with E-state index in [1.807, 2.05) is 13.0 Å². The molecule has 208 valence electrons. The maximum absolute atomic E-state index is 13.4. The fourth-order valence-electron chi connectivity index (χ4n) is 3.66. The molecule has 3 amide bonds. The zero-order valence-electron chi connectivity index (χ0n) is 21.9. The SMILES string of the molecule is CCC(Sc1cccc(NC(=O)/C(=C/c2ccc(F)cc2)NC(=O)c2ccccc2)c1)C(=O)Nc1ccc(Cl)cn1. The Labute approximate surface area is 246 Å². The highest BCUT2D eigenvalue weighted by Crippen LogP contribution is 2.29. The van der Waals surface area contributed by atoms with Gasteiger partial charge in [-0.05, 0) is 72.7 Å². The van der Waals surface area contributed by atoms with Gasteiger partial charge in [-0.15, -0.1) is 11.8 Å². The Morgan fingerprint density at radius 2 is 1.71 bits per heavy atom. The first kappa shape index (κ1) is 29.5. The molecule has 3 aromatic carbocycles. The van der Waals surface area contributed by atoms with Crippen LogP contribution < -0.4 is 16.0 Å². The van der Waals surface area contributed by atoms with Gasteiger partial charge in [0.1, 0.15) is 17.3 Å². The lowest BCUT2D eigenvalue weighted by Gasteiger charge is -2.15. The van der Waals surface area contributed by atoms with E-state index >= 15 is 0 Å². The summed E-state index contributed by atoms with van der Waals surface area (Å²) in [6.45, 7) is 1.90. The van der Waals surface area contributed by atoms with Crippen molar-refractivity contribution >= 4 is 58.7 Å². The molecular formula is C31H26ClFN4O3S. The number of pyridine rings is 1. The van der Waals surface area contributed by atoms with E-state index in [4.69, 9.17) is 11.6 Å². The van der Waals surface area contributed by atoms with Crippen LogP contribution in [0.4, 0.5) is 15.9 Å². The lowest BCUT2D eigenvalue weighted by molar-refractivity contribution is -0.116. The normalized spacial score (nSPS) is 11.8. The molecule has 4 aromatic rings. The molecule has 0 saturated carbocycles. The average molecular weight is 589 g/mol. The summed E-state index contributed by atoms with van der Waals surface area (Å²) < 4.78 is 13.4. The summed E-state index contributed by atoms with van der Waals surface area (Å²) in [6, 6.07) is 24.3. The summed E-state index contributed by atoms with van der Waals surface area (Å²) in [5.74, 6) is -1.27. The van der Waals surface area contributed by atoms with Crippen molar-refractivity contribution in [2.75, 3.05) is 10.6 Å². The van der Waals surface area contributed by atoms with Crippen LogP contribution in [0.25, 0.3) is 6.08 Å². The molecule has 1 unspecified atom stereocenters. The molecular weight excluding hydrogens is 563 g/mol. The van der Waals surface area contributed by atoms with Crippen LogP contribution in [0.1, 0.15) is 29.3 Å². The van der Waals surface area contributed by atoms with E-state index in [9.17, 15) is 18.8 Å². The molecule has 3 N–H and O–H groups in total. The quantitative estimate of drug-likeness (QED) is 0.140. The van der Waals surface area contributed by atoms with Crippen molar-refractivity contribution < 1.29 is 18.8 Å². The minimum absolute atomic E-state index is 0.0233. The first-order valence-corrected chi connectivity index (χ1v) is 13.9. The summed E-state index contributed by atoms with van der Waals surface area (Å²) in [6.07, 6.45) is 3.48. The molecule has 0 aliphatic carbocycles. The molecule has 4 rings (SSSR count). The van der Waals surface area contributed by atoms with Gasteiger partial charge >= 0.3 is 0 Å². The van der Waals surface area contributed by atoms with Crippen molar-refractivity contribution in [3.63, 3.8) is 0 Å². The van der Waals surface area contributed by atoms with Crippen LogP contribution in [0.15, 0.2) is 108 Å². The Morgan fingerprint density at radius 3 is 2.39 bits per heavy atom. The van der Waals surface area contributed by atoms with Gasteiger partial charge in [0.05, 0.1) is 10.3 Å². The van der Waals surface area contributed by atoms with E-state index in [2.05, 4.69) is 20.9 Å². The zero-order valence-corrected chi connectivity index (χ0v) is 23.5. The maximum Gasteiger partial charge on any atom is 0.272 e. The molecule has 1 heterocycles. The molecule has 1 aromatic heterocycles. The predicted octanol–water partition coefficient (Wildman–Crippen LogP) is 6.79. The smallest absolute Gasteiger partial charge is 0.272 e. The summed E-state index contributed by atoms with van der Waals surface area (Å²) in [4.78, 5) is 43.9. The van der Waals surface area contributed by atoms with Crippen LogP contribution in [-0.2, 0) is 9.59 Å². The van der Waals surface area contributed by atoms with Crippen LogP contribution >= 0.6 is 23.4 Å². The molecule has 0 saturated heterocycles. The van der Waals surface area contributed by atoms with Gasteiger partial charge < -0.3 is 16.0 Å². The molecule has 0 bridgehead atoms. The van der Waals surface area contributed by atoms with E-state index in [0.717, 1.165) is 4.90 Å². The number of amides is 3. The second kappa shape index (κ2) is 14.2. The van der Waals surface area contributed by atoms with E-state index < -0.39 is 22.9 Å². The molecule has 41 heavy (non-hydrogen) atoms. The van der Waals surface area contributed by atoms with Crippen molar-refractivity contribution in [3.05, 3.63) is 125 Å². The summed E-state index contributed by atoms with van der Waals surface area (Å²) in [5.41, 5.74) is 1.35. The van der Waals surface area contributed by atoms with Crippen LogP contribution in [0.5, 0.6) is 0 Å². The number of anilines is 2. The third-order valence-electron chi connectivity index (χ3n) is 5.72. The number of hydrogen-bond donors (Lipinski definition) is 3. The molecule has 1 atom stereocenters. The lowest BCUT2D eigenvalue weighted by atomic mass is 10.1. The fourth-order valence-corrected chi connectivity index (χ4v) is 4.78. The van der Waals surface area contributed by atoms with Crippen molar-refractivity contribution in [1.29, 1.82) is 0 Å². The number of thioether (sulfide) groups is 1. The Morgan fingerprint density at radius 1 is 0.951 bits per heavy atom. The number of aromatic nitrogens is 1. The Kier molecular flexibility index (Phi) is 10.3. The highest BCUT2D eigenvalue weighted by molar-refractivity contribution is 8.00. The highest BCUT2D eigenvalue weighted by Gasteiger charge is 2.20. The summed E-state index contributed by atoms with van der Waals surface area (Å²) in [5, 5.41) is 8.30. The maximum atomic E-state index is 13.4. The number of nitrogens with one attached hydrogen (secondary N) is 3. The number of hydrogen-bond acceptors (Lipinski definition) is 5. The first-order valence-electron chi connectivity index (χ1n) is 12.6. The lowest BCUT2D eigenvalue weighted by Crippen LogP contribution is -2.30. The third-order valence-corrected chi connectivity index (χ3v) is 7.30. The van der Waals surface area contributed by atoms with Gasteiger partial charge in [-0.3, -0.25) is 14.4 Å². The molecule has 0 spiro atoms. The average Bonchev–Trinajstić information content (AvgIpc) is 2.98. The number of carbonyl (C=O) groups excluding carboxylic acids is 3. The first-order chi connectivity index (χ1) is 19.8. The Bertz CT molecular complexity index is 1550. The van der Waals surface area contributed by atoms with Crippen molar-refractivity contribution in [2.45, 2.75) is 23.5 Å². The van der Waals surface area contributed by atoms with Gasteiger partial charge in [-0.2, -0.15) is 0 Å².